The van der Waals surface area contributed by atoms with Gasteiger partial charge in [0.05, 0.1) is 4.90 Å². The molecule has 0 radical (unpaired) electrons. The number of halogens is 2. The summed E-state index contributed by atoms with van der Waals surface area (Å²) in [5.41, 5.74) is 0.615. The van der Waals surface area contributed by atoms with Gasteiger partial charge in [0.25, 0.3) is 5.91 Å². The third-order valence-corrected chi connectivity index (χ3v) is 5.97. The fraction of sp³-hybridized carbons (Fsp3) is 0.316. The maximum absolute atomic E-state index is 14.0. The molecular formula is C19H22BrFN2O3S. The molecule has 1 N–H and O–H groups in total. The lowest BCUT2D eigenvalue weighted by atomic mass is 10.1. The van der Waals surface area contributed by atoms with Gasteiger partial charge < -0.3 is 4.90 Å². The first-order chi connectivity index (χ1) is 12.6. The molecule has 8 heteroatoms. The van der Waals surface area contributed by atoms with E-state index in [4.69, 9.17) is 0 Å². The third kappa shape index (κ3) is 5.60. The normalized spacial score (nSPS) is 11.6. The van der Waals surface area contributed by atoms with Crippen molar-refractivity contribution in [2.75, 3.05) is 6.54 Å². The van der Waals surface area contributed by atoms with Gasteiger partial charge >= 0.3 is 0 Å². The Morgan fingerprint density at radius 1 is 1.22 bits per heavy atom. The lowest BCUT2D eigenvalue weighted by Gasteiger charge is -2.22. The van der Waals surface area contributed by atoms with Crippen LogP contribution in [0.15, 0.2) is 51.8 Å². The Labute approximate surface area is 167 Å². The van der Waals surface area contributed by atoms with Crippen molar-refractivity contribution < 1.29 is 17.6 Å². The summed E-state index contributed by atoms with van der Waals surface area (Å²) >= 11 is 3.30. The van der Waals surface area contributed by atoms with E-state index >= 15 is 0 Å². The van der Waals surface area contributed by atoms with Crippen LogP contribution in [0.2, 0.25) is 0 Å². The van der Waals surface area contributed by atoms with Crippen molar-refractivity contribution in [3.05, 3.63) is 63.9 Å². The second-order valence-electron chi connectivity index (χ2n) is 6.36. The van der Waals surface area contributed by atoms with Crippen LogP contribution < -0.4 is 4.72 Å². The molecule has 0 saturated heterocycles. The molecular weight excluding hydrogens is 435 g/mol. The highest BCUT2D eigenvalue weighted by atomic mass is 79.9. The fourth-order valence-electron chi connectivity index (χ4n) is 2.55. The van der Waals surface area contributed by atoms with Crippen LogP contribution in [0.5, 0.6) is 0 Å². The predicted molar refractivity (Wildman–Crippen MR) is 106 cm³/mol. The average molecular weight is 457 g/mol. The Morgan fingerprint density at radius 2 is 1.93 bits per heavy atom. The molecule has 0 atom stereocenters. The van der Waals surface area contributed by atoms with Gasteiger partial charge in [-0.25, -0.2) is 17.5 Å². The highest BCUT2D eigenvalue weighted by Crippen LogP contribution is 2.19. The molecule has 2 rings (SSSR count). The molecule has 146 valence electrons. The van der Waals surface area contributed by atoms with E-state index in [-0.39, 0.29) is 29.0 Å². The van der Waals surface area contributed by atoms with Crippen molar-refractivity contribution in [2.24, 2.45) is 0 Å². The zero-order valence-corrected chi connectivity index (χ0v) is 17.8. The highest BCUT2D eigenvalue weighted by Gasteiger charge is 2.20. The first kappa shape index (κ1) is 21.5. The SMILES string of the molecule is CCN(Cc1cc(Br)ccc1F)C(=O)c1cccc(S(=O)(=O)NC(C)C)c1. The molecule has 0 aliphatic carbocycles. The van der Waals surface area contributed by atoms with Gasteiger partial charge in [-0.2, -0.15) is 0 Å². The summed E-state index contributed by atoms with van der Waals surface area (Å²) in [5, 5.41) is 0. The van der Waals surface area contributed by atoms with Crippen LogP contribution in [0.3, 0.4) is 0 Å². The van der Waals surface area contributed by atoms with E-state index in [1.165, 1.54) is 29.2 Å². The van der Waals surface area contributed by atoms with E-state index in [9.17, 15) is 17.6 Å². The summed E-state index contributed by atoms with van der Waals surface area (Å²) in [4.78, 5) is 14.3. The van der Waals surface area contributed by atoms with E-state index in [2.05, 4.69) is 20.7 Å². The Hall–Kier alpha value is -1.77. The zero-order chi connectivity index (χ0) is 20.2. The molecule has 0 heterocycles. The van der Waals surface area contributed by atoms with Crippen molar-refractivity contribution in [3.63, 3.8) is 0 Å². The van der Waals surface area contributed by atoms with Crippen LogP contribution in [-0.2, 0) is 16.6 Å². The summed E-state index contributed by atoms with van der Waals surface area (Å²) in [5.74, 6) is -0.764. The second kappa shape index (κ2) is 8.95. The smallest absolute Gasteiger partial charge is 0.254 e. The van der Waals surface area contributed by atoms with Gasteiger partial charge in [-0.1, -0.05) is 22.0 Å². The minimum absolute atomic E-state index is 0.0201. The summed E-state index contributed by atoms with van der Waals surface area (Å²) in [6.07, 6.45) is 0. The Morgan fingerprint density at radius 3 is 2.56 bits per heavy atom. The highest BCUT2D eigenvalue weighted by molar-refractivity contribution is 9.10. The molecule has 0 fully saturated rings. The monoisotopic (exact) mass is 456 g/mol. The van der Waals surface area contributed by atoms with Crippen LogP contribution in [-0.4, -0.2) is 31.8 Å². The number of carbonyl (C=O) groups excluding carboxylic acids is 1. The molecule has 27 heavy (non-hydrogen) atoms. The maximum Gasteiger partial charge on any atom is 0.254 e. The summed E-state index contributed by atoms with van der Waals surface area (Å²) in [7, 11) is -3.71. The third-order valence-electron chi connectivity index (χ3n) is 3.82. The number of hydrogen-bond donors (Lipinski definition) is 1. The van der Waals surface area contributed by atoms with E-state index in [0.29, 0.717) is 12.1 Å². The lowest BCUT2D eigenvalue weighted by Crippen LogP contribution is -2.32. The van der Waals surface area contributed by atoms with Crippen LogP contribution >= 0.6 is 15.9 Å². The van der Waals surface area contributed by atoms with Gasteiger partial charge in [0.1, 0.15) is 5.82 Å². The number of nitrogens with one attached hydrogen (secondary N) is 1. The van der Waals surface area contributed by atoms with Gasteiger partial charge in [0, 0.05) is 34.7 Å². The first-order valence-electron chi connectivity index (χ1n) is 8.49. The fourth-order valence-corrected chi connectivity index (χ4v) is 4.26. The molecule has 2 aromatic rings. The standard InChI is InChI=1S/C19H22BrFN2O3S/c1-4-23(12-15-10-16(20)8-9-18(15)21)19(24)14-6-5-7-17(11-14)27(25,26)22-13(2)3/h5-11,13,22H,4,12H2,1-3H3. The summed E-state index contributed by atoms with van der Waals surface area (Å²) in [6, 6.07) is 10.1. The second-order valence-corrected chi connectivity index (χ2v) is 8.99. The van der Waals surface area contributed by atoms with Crippen LogP contribution in [0.25, 0.3) is 0 Å². The maximum atomic E-state index is 14.0. The minimum atomic E-state index is -3.71. The molecule has 5 nitrogen and oxygen atoms in total. The summed E-state index contributed by atoms with van der Waals surface area (Å²) in [6.45, 7) is 5.67. The van der Waals surface area contributed by atoms with Crippen LogP contribution in [0.1, 0.15) is 36.7 Å². The molecule has 0 bridgehead atoms. The number of benzene rings is 2. The average Bonchev–Trinajstić information content (AvgIpc) is 2.61. The molecule has 0 spiro atoms. The number of nitrogens with zero attached hydrogens (tertiary/aromatic N) is 1. The molecule has 2 aromatic carbocycles. The van der Waals surface area contributed by atoms with Crippen LogP contribution in [0.4, 0.5) is 4.39 Å². The number of carbonyl (C=O) groups is 1. The zero-order valence-electron chi connectivity index (χ0n) is 15.4. The van der Waals surface area contributed by atoms with Crippen LogP contribution in [0, 0.1) is 5.82 Å². The van der Waals surface area contributed by atoms with Crippen molar-refractivity contribution in [2.45, 2.75) is 38.3 Å². The predicted octanol–water partition coefficient (Wildman–Crippen LogP) is 3.94. The van der Waals surface area contributed by atoms with Gasteiger partial charge in [0.2, 0.25) is 10.0 Å². The van der Waals surface area contributed by atoms with Crippen molar-refractivity contribution >= 4 is 31.9 Å². The van der Waals surface area contributed by atoms with Gasteiger partial charge in [-0.3, -0.25) is 4.79 Å². The number of rotatable bonds is 7. The van der Waals surface area contributed by atoms with E-state index in [1.807, 2.05) is 0 Å². The molecule has 0 aliphatic heterocycles. The van der Waals surface area contributed by atoms with Gasteiger partial charge in [-0.05, 0) is 57.2 Å². The largest absolute Gasteiger partial charge is 0.334 e. The minimum Gasteiger partial charge on any atom is -0.334 e. The summed E-state index contributed by atoms with van der Waals surface area (Å²) < 4.78 is 41.9. The van der Waals surface area contributed by atoms with Gasteiger partial charge in [0.15, 0.2) is 0 Å². The number of amides is 1. The van der Waals surface area contributed by atoms with Crippen molar-refractivity contribution in [3.8, 4) is 0 Å². The van der Waals surface area contributed by atoms with Crippen molar-refractivity contribution in [1.29, 1.82) is 0 Å². The van der Waals surface area contributed by atoms with Crippen molar-refractivity contribution in [1.82, 2.24) is 9.62 Å². The van der Waals surface area contributed by atoms with Gasteiger partial charge in [-0.15, -0.1) is 0 Å². The Kier molecular flexibility index (Phi) is 7.13. The number of sulfonamides is 1. The molecule has 1 amide bonds. The molecule has 0 unspecified atom stereocenters. The van der Waals surface area contributed by atoms with E-state index in [1.54, 1.807) is 39.0 Å². The Bertz CT molecular complexity index is 932. The number of hydrogen-bond acceptors (Lipinski definition) is 3. The first-order valence-corrected chi connectivity index (χ1v) is 10.8. The molecule has 0 saturated carbocycles. The van der Waals surface area contributed by atoms with E-state index in [0.717, 1.165) is 4.47 Å². The quantitative estimate of drug-likeness (QED) is 0.685. The molecule has 0 aliphatic rings. The topological polar surface area (TPSA) is 66.5 Å². The van der Waals surface area contributed by atoms with E-state index < -0.39 is 15.8 Å². The molecule has 0 aromatic heterocycles. The lowest BCUT2D eigenvalue weighted by molar-refractivity contribution is 0.0751. The Balaban J connectivity index is 2.30.